The van der Waals surface area contributed by atoms with Crippen LogP contribution in [0.1, 0.15) is 146 Å². The number of benzene rings is 2. The van der Waals surface area contributed by atoms with Gasteiger partial charge in [0.2, 0.25) is 23.3 Å². The Labute approximate surface area is 284 Å². The maximum absolute atomic E-state index is 14.6. The van der Waals surface area contributed by atoms with E-state index in [-0.39, 0.29) is 47.4 Å². The summed E-state index contributed by atoms with van der Waals surface area (Å²) in [7, 11) is 0. The first-order valence-electron chi connectivity index (χ1n) is 18.7. The summed E-state index contributed by atoms with van der Waals surface area (Å²) in [6.45, 7) is 8.43. The molecule has 0 N–H and O–H groups in total. The molecule has 0 aromatic heterocycles. The van der Waals surface area contributed by atoms with Gasteiger partial charge in [-0.05, 0) is 83.1 Å². The van der Waals surface area contributed by atoms with Gasteiger partial charge in [0.15, 0.2) is 23.0 Å². The summed E-state index contributed by atoms with van der Waals surface area (Å²) in [5.41, 5.74) is 3.08. The monoisotopic (exact) mass is 674 g/mol. The second-order valence-electron chi connectivity index (χ2n) is 13.8. The lowest BCUT2D eigenvalue weighted by molar-refractivity contribution is 0.134. The largest absolute Gasteiger partial charge is 0.487 e. The van der Waals surface area contributed by atoms with Crippen molar-refractivity contribution in [3.63, 3.8) is 0 Å². The Morgan fingerprint density at radius 1 is 0.500 bits per heavy atom. The van der Waals surface area contributed by atoms with E-state index < -0.39 is 23.3 Å². The minimum Gasteiger partial charge on any atom is -0.487 e. The average Bonchev–Trinajstić information content (AvgIpc) is 3.10. The topological polar surface area (TPSA) is 36.9 Å². The highest BCUT2D eigenvalue weighted by Gasteiger charge is 2.35. The number of fused-ring (bicyclic) bond motifs is 6. The second kappa shape index (κ2) is 17.2. The molecule has 6 rings (SSSR count). The maximum Gasteiger partial charge on any atom is 0.205 e. The molecule has 4 unspecified atom stereocenters. The Morgan fingerprint density at radius 3 is 1.42 bits per heavy atom. The first kappa shape index (κ1) is 36.4. The Hall–Kier alpha value is -2.90. The summed E-state index contributed by atoms with van der Waals surface area (Å²) >= 11 is 0. The lowest BCUT2D eigenvalue weighted by atomic mass is 9.89. The van der Waals surface area contributed by atoms with Crippen LogP contribution in [0.4, 0.5) is 17.6 Å². The summed E-state index contributed by atoms with van der Waals surface area (Å²) in [5.74, 6) is -3.08. The van der Waals surface area contributed by atoms with Crippen molar-refractivity contribution >= 4 is 6.08 Å². The predicted octanol–water partition coefficient (Wildman–Crippen LogP) is 11.5. The zero-order valence-electron chi connectivity index (χ0n) is 29.3. The van der Waals surface area contributed by atoms with Crippen molar-refractivity contribution in [2.45, 2.75) is 168 Å². The number of hydrogen-bond donors (Lipinski definition) is 0. The number of unbranched alkanes of at least 4 members (excludes halogenated alkanes) is 4. The minimum absolute atomic E-state index is 0.000696. The van der Waals surface area contributed by atoms with Crippen LogP contribution in [0.3, 0.4) is 0 Å². The zero-order chi connectivity index (χ0) is 34.2. The molecule has 0 aliphatic carbocycles. The molecular formula is C40H54F4O4. The fourth-order valence-electron chi connectivity index (χ4n) is 7.49. The van der Waals surface area contributed by atoms with Crippen LogP contribution in [0.15, 0.2) is 6.08 Å². The highest BCUT2D eigenvalue weighted by Crippen LogP contribution is 2.45. The van der Waals surface area contributed by atoms with Gasteiger partial charge in [-0.3, -0.25) is 0 Å². The first-order valence-corrected chi connectivity index (χ1v) is 18.7. The molecule has 0 spiro atoms. The van der Waals surface area contributed by atoms with E-state index in [1.165, 1.54) is 0 Å². The molecule has 4 atom stereocenters. The van der Waals surface area contributed by atoms with Crippen molar-refractivity contribution in [1.82, 2.24) is 0 Å². The van der Waals surface area contributed by atoms with Gasteiger partial charge in [0.1, 0.15) is 6.10 Å². The van der Waals surface area contributed by atoms with Crippen LogP contribution in [0.25, 0.3) is 6.08 Å². The number of rotatable bonds is 12. The van der Waals surface area contributed by atoms with Crippen LogP contribution >= 0.6 is 0 Å². The Kier molecular flexibility index (Phi) is 13.0. The molecule has 4 aliphatic rings. The van der Waals surface area contributed by atoms with Crippen LogP contribution in [0, 0.1) is 23.3 Å². The van der Waals surface area contributed by atoms with Gasteiger partial charge in [-0.25, -0.2) is 0 Å². The van der Waals surface area contributed by atoms with Crippen molar-refractivity contribution in [3.05, 3.63) is 51.6 Å². The molecular weight excluding hydrogens is 620 g/mol. The summed E-state index contributed by atoms with van der Waals surface area (Å²) in [5, 5.41) is 0. The molecule has 266 valence electrons. The standard InChI is InChI=1S/C20H28F2O2.C20H26F2O2/c2*1-3-5-6-8-14-10-12-16-15-11-9-13(7-4-2)23-19(15)17(21)18(22)20(16)24-14/h13-14H,3-12H2,1-2H3;9,11,13-14H,3-8,10,12H2,1-2H3. The molecule has 2 aromatic carbocycles. The first-order chi connectivity index (χ1) is 23.3. The van der Waals surface area contributed by atoms with Gasteiger partial charge >= 0.3 is 0 Å². The highest BCUT2D eigenvalue weighted by atomic mass is 19.2. The van der Waals surface area contributed by atoms with Crippen molar-refractivity contribution in [1.29, 1.82) is 0 Å². The third kappa shape index (κ3) is 8.10. The van der Waals surface area contributed by atoms with E-state index in [2.05, 4.69) is 20.8 Å². The summed E-state index contributed by atoms with van der Waals surface area (Å²) < 4.78 is 81.3. The van der Waals surface area contributed by atoms with Crippen LogP contribution in [-0.2, 0) is 19.3 Å². The third-order valence-corrected chi connectivity index (χ3v) is 10.1. The van der Waals surface area contributed by atoms with E-state index in [1.807, 2.05) is 19.1 Å². The lowest BCUT2D eigenvalue weighted by Crippen LogP contribution is -2.29. The smallest absolute Gasteiger partial charge is 0.205 e. The highest BCUT2D eigenvalue weighted by molar-refractivity contribution is 5.68. The predicted molar refractivity (Wildman–Crippen MR) is 182 cm³/mol. The van der Waals surface area contributed by atoms with E-state index in [9.17, 15) is 17.6 Å². The molecule has 4 heterocycles. The SMILES string of the molecule is CCCCCC1CCc2c3c(c(F)c(F)c2O1)OC(CCC)C=C3.CCCCCC1CCc2c3c(c(F)c(F)c2O1)OC(CCC)CC3. The summed E-state index contributed by atoms with van der Waals surface area (Å²) in [6.07, 6.45) is 20.6. The normalized spacial score (nSPS) is 22.0. The van der Waals surface area contributed by atoms with E-state index in [0.717, 1.165) is 126 Å². The minimum atomic E-state index is -0.914. The van der Waals surface area contributed by atoms with E-state index in [1.54, 1.807) is 0 Å². The molecule has 48 heavy (non-hydrogen) atoms. The molecule has 0 fully saturated rings. The maximum atomic E-state index is 14.6. The van der Waals surface area contributed by atoms with Gasteiger partial charge in [-0.2, -0.15) is 17.6 Å². The van der Waals surface area contributed by atoms with Gasteiger partial charge in [0.05, 0.1) is 18.3 Å². The van der Waals surface area contributed by atoms with E-state index >= 15 is 0 Å². The number of ether oxygens (including phenoxy) is 4. The van der Waals surface area contributed by atoms with E-state index in [0.29, 0.717) is 12.0 Å². The van der Waals surface area contributed by atoms with Crippen molar-refractivity contribution in [2.24, 2.45) is 0 Å². The zero-order valence-corrected chi connectivity index (χ0v) is 29.3. The average molecular weight is 675 g/mol. The summed E-state index contributed by atoms with van der Waals surface area (Å²) in [4.78, 5) is 0. The third-order valence-electron chi connectivity index (χ3n) is 10.1. The number of halogens is 4. The van der Waals surface area contributed by atoms with Gasteiger partial charge in [0.25, 0.3) is 0 Å². The number of hydrogen-bond acceptors (Lipinski definition) is 4. The van der Waals surface area contributed by atoms with Gasteiger partial charge in [-0.1, -0.05) is 72.3 Å². The van der Waals surface area contributed by atoms with Gasteiger partial charge < -0.3 is 18.9 Å². The Bertz CT molecular complexity index is 1420. The molecule has 0 saturated heterocycles. The second-order valence-corrected chi connectivity index (χ2v) is 13.8. The molecule has 2 aromatic rings. The fourth-order valence-corrected chi connectivity index (χ4v) is 7.49. The van der Waals surface area contributed by atoms with Crippen molar-refractivity contribution in [3.8, 4) is 23.0 Å². The fraction of sp³-hybridized carbons (Fsp3) is 0.650. The van der Waals surface area contributed by atoms with Gasteiger partial charge in [-0.15, -0.1) is 0 Å². The van der Waals surface area contributed by atoms with Gasteiger partial charge in [0, 0.05) is 22.3 Å². The molecule has 4 aliphatic heterocycles. The molecule has 0 bridgehead atoms. The van der Waals surface area contributed by atoms with E-state index in [4.69, 9.17) is 18.9 Å². The quantitative estimate of drug-likeness (QED) is 0.166. The Balaban J connectivity index is 0.000000188. The van der Waals surface area contributed by atoms with Crippen LogP contribution < -0.4 is 18.9 Å². The molecule has 0 radical (unpaired) electrons. The van der Waals surface area contributed by atoms with Crippen molar-refractivity contribution < 1.29 is 36.5 Å². The van der Waals surface area contributed by atoms with Crippen LogP contribution in [0.5, 0.6) is 23.0 Å². The molecule has 8 heteroatoms. The van der Waals surface area contributed by atoms with Crippen LogP contribution in [-0.4, -0.2) is 24.4 Å². The molecule has 4 nitrogen and oxygen atoms in total. The molecule has 0 saturated carbocycles. The van der Waals surface area contributed by atoms with Crippen molar-refractivity contribution in [2.75, 3.05) is 0 Å². The lowest BCUT2D eigenvalue weighted by Gasteiger charge is -2.33. The Morgan fingerprint density at radius 2 is 0.938 bits per heavy atom. The summed E-state index contributed by atoms with van der Waals surface area (Å²) in [6, 6.07) is 0. The van der Waals surface area contributed by atoms with Crippen LogP contribution in [0.2, 0.25) is 0 Å². The molecule has 0 amide bonds.